The predicted octanol–water partition coefficient (Wildman–Crippen LogP) is 3.72. The van der Waals surface area contributed by atoms with E-state index in [1.165, 1.54) is 0 Å². The van der Waals surface area contributed by atoms with Crippen molar-refractivity contribution in [3.8, 4) is 5.75 Å². The molecular weight excluding hydrogens is 420 g/mol. The Bertz CT molecular complexity index is 1110. The zero-order chi connectivity index (χ0) is 23.2. The molecule has 9 heteroatoms. The van der Waals surface area contributed by atoms with E-state index in [-0.39, 0.29) is 53.4 Å². The van der Waals surface area contributed by atoms with E-state index < -0.39 is 17.2 Å². The molecule has 3 heterocycles. The van der Waals surface area contributed by atoms with Gasteiger partial charge in [-0.05, 0) is 46.6 Å². The molecule has 1 N–H and O–H groups in total. The number of rotatable bonds is 3. The molecule has 7 nitrogen and oxygen atoms in total. The van der Waals surface area contributed by atoms with Crippen molar-refractivity contribution in [2.24, 2.45) is 0 Å². The van der Waals surface area contributed by atoms with E-state index in [0.717, 1.165) is 18.9 Å². The minimum Gasteiger partial charge on any atom is -0.486 e. The number of benzene rings is 1. The zero-order valence-electron chi connectivity index (χ0n) is 18.8. The molecule has 1 saturated heterocycles. The fourth-order valence-electron chi connectivity index (χ4n) is 4.27. The Morgan fingerprint density at radius 1 is 1.34 bits per heavy atom. The number of hydrogen-bond donors (Lipinski definition) is 1. The number of amides is 1. The first-order valence-corrected chi connectivity index (χ1v) is 10.9. The summed E-state index contributed by atoms with van der Waals surface area (Å²) in [7, 11) is 0. The van der Waals surface area contributed by atoms with Gasteiger partial charge >= 0.3 is 6.09 Å². The van der Waals surface area contributed by atoms with Gasteiger partial charge in [-0.3, -0.25) is 4.79 Å². The van der Waals surface area contributed by atoms with Gasteiger partial charge in [-0.15, -0.1) is 0 Å². The lowest BCUT2D eigenvalue weighted by molar-refractivity contribution is 0.0187. The number of nitrogens with one attached hydrogen (secondary N) is 1. The molecule has 1 aromatic carbocycles. The van der Waals surface area contributed by atoms with Gasteiger partial charge in [0.1, 0.15) is 12.2 Å². The van der Waals surface area contributed by atoms with Gasteiger partial charge in [-0.1, -0.05) is 0 Å². The molecule has 1 unspecified atom stereocenters. The van der Waals surface area contributed by atoms with E-state index >= 15 is 0 Å². The lowest BCUT2D eigenvalue weighted by Gasteiger charge is -2.34. The van der Waals surface area contributed by atoms with Crippen molar-refractivity contribution in [1.82, 2.24) is 14.8 Å². The van der Waals surface area contributed by atoms with Gasteiger partial charge in [0.25, 0.3) is 0 Å². The molecule has 1 amide bonds. The van der Waals surface area contributed by atoms with Crippen LogP contribution in [-0.4, -0.2) is 46.9 Å². The molecule has 174 valence electrons. The van der Waals surface area contributed by atoms with Crippen LogP contribution in [0.5, 0.6) is 5.75 Å². The highest BCUT2D eigenvalue weighted by atomic mass is 19.2. The van der Waals surface area contributed by atoms with Crippen LogP contribution in [0.1, 0.15) is 52.1 Å². The normalized spacial score (nSPS) is 20.9. The van der Waals surface area contributed by atoms with Gasteiger partial charge in [0, 0.05) is 37.4 Å². The molecule has 0 saturated carbocycles. The largest absolute Gasteiger partial charge is 0.486 e. The number of hydrogen-bond acceptors (Lipinski definition) is 5. The Hall–Kier alpha value is -2.68. The van der Waals surface area contributed by atoms with Gasteiger partial charge in [0.05, 0.1) is 16.9 Å². The van der Waals surface area contributed by atoms with Crippen LogP contribution >= 0.6 is 0 Å². The van der Waals surface area contributed by atoms with Crippen LogP contribution in [-0.2, 0) is 11.3 Å². The molecule has 2 aliphatic rings. The van der Waals surface area contributed by atoms with Crippen molar-refractivity contribution in [1.29, 1.82) is 0 Å². The second kappa shape index (κ2) is 8.35. The number of halogens is 2. The standard InChI is InChI=1S/C23H29F2N3O4/c1-13-12-31-21-18(25)17(24)8-16-19(21)28(13)10-14(20(16)29)9-26-15-6-5-7-27(11-15)22(30)32-23(2,3)4/h8,10,13,15,26H,5-7,9,11-12H2,1-4H3/t13?,15-/m0/s1. The second-order valence-electron chi connectivity index (χ2n) is 9.59. The van der Waals surface area contributed by atoms with E-state index in [1.807, 2.05) is 27.7 Å². The Morgan fingerprint density at radius 2 is 2.09 bits per heavy atom. The zero-order valence-corrected chi connectivity index (χ0v) is 18.8. The first-order chi connectivity index (χ1) is 15.0. The summed E-state index contributed by atoms with van der Waals surface area (Å²) in [5, 5.41) is 3.45. The number of likely N-dealkylation sites (tertiary alicyclic amines) is 1. The molecule has 4 rings (SSSR count). The Morgan fingerprint density at radius 3 is 2.81 bits per heavy atom. The fourth-order valence-corrected chi connectivity index (χ4v) is 4.27. The van der Waals surface area contributed by atoms with E-state index in [9.17, 15) is 18.4 Å². The number of pyridine rings is 1. The molecule has 0 aliphatic carbocycles. The van der Waals surface area contributed by atoms with Crippen LogP contribution in [0.15, 0.2) is 17.1 Å². The summed E-state index contributed by atoms with van der Waals surface area (Å²) in [6.45, 7) is 8.93. The molecule has 1 fully saturated rings. The SMILES string of the molecule is CC1COc2c(F)c(F)cc3c(=O)c(CN[C@H]4CCCN(C(=O)OC(C)(C)C)C4)cn1c23. The smallest absolute Gasteiger partial charge is 0.410 e. The van der Waals surface area contributed by atoms with Crippen molar-refractivity contribution < 1.29 is 23.0 Å². The molecule has 2 aliphatic heterocycles. The Balaban J connectivity index is 1.55. The molecule has 0 bridgehead atoms. The lowest BCUT2D eigenvalue weighted by Crippen LogP contribution is -2.49. The summed E-state index contributed by atoms with van der Waals surface area (Å²) >= 11 is 0. The van der Waals surface area contributed by atoms with Crippen LogP contribution < -0.4 is 15.5 Å². The number of nitrogens with zero attached hydrogens (tertiary/aromatic N) is 2. The third-order valence-electron chi connectivity index (χ3n) is 5.84. The monoisotopic (exact) mass is 449 g/mol. The van der Waals surface area contributed by atoms with E-state index in [0.29, 0.717) is 18.7 Å². The number of carbonyl (C=O) groups is 1. The topological polar surface area (TPSA) is 72.8 Å². The van der Waals surface area contributed by atoms with Gasteiger partial charge in [0.15, 0.2) is 17.0 Å². The third kappa shape index (κ3) is 4.30. The molecule has 32 heavy (non-hydrogen) atoms. The summed E-state index contributed by atoms with van der Waals surface area (Å²) in [6, 6.07) is 0.809. The van der Waals surface area contributed by atoms with E-state index in [1.54, 1.807) is 15.7 Å². The summed E-state index contributed by atoms with van der Waals surface area (Å²) in [6.07, 6.45) is 3.02. The summed E-state index contributed by atoms with van der Waals surface area (Å²) in [4.78, 5) is 27.1. The highest BCUT2D eigenvalue weighted by Crippen LogP contribution is 2.35. The molecule has 2 aromatic rings. The Kier molecular flexibility index (Phi) is 5.87. The van der Waals surface area contributed by atoms with Gasteiger partial charge in [0.2, 0.25) is 5.82 Å². The molecule has 0 spiro atoms. The van der Waals surface area contributed by atoms with Crippen molar-refractivity contribution >= 4 is 17.0 Å². The first kappa shape index (κ1) is 22.5. The van der Waals surface area contributed by atoms with Gasteiger partial charge in [-0.25, -0.2) is 9.18 Å². The highest BCUT2D eigenvalue weighted by Gasteiger charge is 2.29. The van der Waals surface area contributed by atoms with Crippen molar-refractivity contribution in [3.05, 3.63) is 39.7 Å². The number of ether oxygens (including phenoxy) is 2. The molecular formula is C23H29F2N3O4. The first-order valence-electron chi connectivity index (χ1n) is 10.9. The predicted molar refractivity (Wildman–Crippen MR) is 116 cm³/mol. The number of aromatic nitrogens is 1. The summed E-state index contributed by atoms with van der Waals surface area (Å²) in [5.41, 5.74) is -0.184. The maximum atomic E-state index is 14.2. The molecule has 2 atom stereocenters. The van der Waals surface area contributed by atoms with Crippen molar-refractivity contribution in [2.45, 2.75) is 64.8 Å². The summed E-state index contributed by atoms with van der Waals surface area (Å²) in [5.74, 6) is -2.39. The fraction of sp³-hybridized carbons (Fsp3) is 0.565. The van der Waals surface area contributed by atoms with E-state index in [4.69, 9.17) is 9.47 Å². The maximum Gasteiger partial charge on any atom is 0.410 e. The van der Waals surface area contributed by atoms with Crippen LogP contribution in [0.25, 0.3) is 10.9 Å². The van der Waals surface area contributed by atoms with Crippen molar-refractivity contribution in [2.75, 3.05) is 19.7 Å². The minimum absolute atomic E-state index is 0.00556. The third-order valence-corrected chi connectivity index (χ3v) is 5.84. The summed E-state index contributed by atoms with van der Waals surface area (Å²) < 4.78 is 41.0. The van der Waals surface area contributed by atoms with Crippen LogP contribution in [0.4, 0.5) is 13.6 Å². The van der Waals surface area contributed by atoms with Gasteiger partial charge in [-0.2, -0.15) is 4.39 Å². The van der Waals surface area contributed by atoms with Crippen LogP contribution in [0.3, 0.4) is 0 Å². The highest BCUT2D eigenvalue weighted by molar-refractivity contribution is 5.86. The van der Waals surface area contributed by atoms with Crippen molar-refractivity contribution in [3.63, 3.8) is 0 Å². The van der Waals surface area contributed by atoms with E-state index in [2.05, 4.69) is 5.32 Å². The average molecular weight is 449 g/mol. The minimum atomic E-state index is -1.10. The average Bonchev–Trinajstić information content (AvgIpc) is 2.73. The Labute approximate surface area is 185 Å². The van der Waals surface area contributed by atoms with Gasteiger partial charge < -0.3 is 24.3 Å². The number of carbonyl (C=O) groups excluding carboxylic acids is 1. The lowest BCUT2D eigenvalue weighted by atomic mass is 10.0. The molecule has 1 aromatic heterocycles. The maximum absolute atomic E-state index is 14.2. The van der Waals surface area contributed by atoms with Crippen LogP contribution in [0.2, 0.25) is 0 Å². The number of piperidine rings is 1. The van der Waals surface area contributed by atoms with Crippen LogP contribution in [0, 0.1) is 11.6 Å². The molecule has 0 radical (unpaired) electrons. The quantitative estimate of drug-likeness (QED) is 0.773. The second-order valence-corrected chi connectivity index (χ2v) is 9.59.